The van der Waals surface area contributed by atoms with Gasteiger partial charge in [0.05, 0.1) is 12.2 Å². The van der Waals surface area contributed by atoms with Gasteiger partial charge in [-0.3, -0.25) is 4.90 Å². The van der Waals surface area contributed by atoms with Crippen LogP contribution in [0.25, 0.3) is 0 Å². The summed E-state index contributed by atoms with van der Waals surface area (Å²) in [5, 5.41) is 19.4. The van der Waals surface area contributed by atoms with Gasteiger partial charge in [0.25, 0.3) is 0 Å². The monoisotopic (exact) mass is 225 g/mol. The van der Waals surface area contributed by atoms with E-state index < -0.39 is 0 Å². The third-order valence-corrected chi connectivity index (χ3v) is 2.79. The molecular weight excluding hydrogens is 206 g/mol. The molecule has 0 radical (unpaired) electrons. The molecule has 4 heteroatoms. The summed E-state index contributed by atoms with van der Waals surface area (Å²) in [4.78, 5) is 2.01. The average Bonchev–Trinajstić information content (AvgIpc) is 2.25. The molecule has 0 saturated carbocycles. The van der Waals surface area contributed by atoms with E-state index in [0.717, 1.165) is 6.54 Å². The Morgan fingerprint density at radius 2 is 1.88 bits per heavy atom. The van der Waals surface area contributed by atoms with Crippen molar-refractivity contribution in [2.75, 3.05) is 27.3 Å². The first-order valence-electron chi connectivity index (χ1n) is 5.28. The number of hydrogen-bond acceptors (Lipinski definition) is 4. The zero-order chi connectivity index (χ0) is 12.1. The molecule has 1 unspecified atom stereocenters. The molecule has 2 N–H and O–H groups in total. The Kier molecular flexibility index (Phi) is 4.58. The van der Waals surface area contributed by atoms with E-state index in [1.807, 2.05) is 18.9 Å². The maximum Gasteiger partial charge on any atom is 0.124 e. The van der Waals surface area contributed by atoms with E-state index in [1.165, 1.54) is 0 Å². The average molecular weight is 225 g/mol. The van der Waals surface area contributed by atoms with Crippen molar-refractivity contribution in [3.63, 3.8) is 0 Å². The van der Waals surface area contributed by atoms with Gasteiger partial charge in [0.1, 0.15) is 11.5 Å². The number of methoxy groups -OCH3 is 1. The minimum atomic E-state index is -0.0589. The zero-order valence-electron chi connectivity index (χ0n) is 9.97. The van der Waals surface area contributed by atoms with Crippen molar-refractivity contribution < 1.29 is 14.9 Å². The van der Waals surface area contributed by atoms with Gasteiger partial charge < -0.3 is 14.9 Å². The molecule has 0 bridgehead atoms. The SMILES string of the molecule is COCCN(C)C(C)c1c(O)cccc1O. The first-order valence-corrected chi connectivity index (χ1v) is 5.28. The second kappa shape index (κ2) is 5.72. The number of nitrogens with zero attached hydrogens (tertiary/aromatic N) is 1. The topological polar surface area (TPSA) is 52.9 Å². The van der Waals surface area contributed by atoms with Gasteiger partial charge in [-0.25, -0.2) is 0 Å². The Hall–Kier alpha value is -1.26. The number of hydrogen-bond donors (Lipinski definition) is 2. The highest BCUT2D eigenvalue weighted by atomic mass is 16.5. The van der Waals surface area contributed by atoms with E-state index in [-0.39, 0.29) is 17.5 Å². The number of ether oxygens (including phenoxy) is 1. The summed E-state index contributed by atoms with van der Waals surface area (Å²) in [5.74, 6) is 0.244. The normalized spacial score (nSPS) is 13.0. The molecule has 0 aromatic heterocycles. The van der Waals surface area contributed by atoms with Gasteiger partial charge in [0.2, 0.25) is 0 Å². The zero-order valence-corrected chi connectivity index (χ0v) is 9.97. The van der Waals surface area contributed by atoms with Crippen molar-refractivity contribution in [3.05, 3.63) is 23.8 Å². The van der Waals surface area contributed by atoms with Crippen LogP contribution in [0.5, 0.6) is 11.5 Å². The third-order valence-electron chi connectivity index (χ3n) is 2.79. The van der Waals surface area contributed by atoms with Crippen molar-refractivity contribution in [1.82, 2.24) is 4.90 Å². The van der Waals surface area contributed by atoms with Crippen LogP contribution in [0, 0.1) is 0 Å². The predicted molar refractivity (Wildman–Crippen MR) is 62.7 cm³/mol. The molecule has 90 valence electrons. The summed E-state index contributed by atoms with van der Waals surface area (Å²) in [6.45, 7) is 3.30. The summed E-state index contributed by atoms with van der Waals surface area (Å²) in [5.41, 5.74) is 0.557. The molecule has 0 spiro atoms. The molecule has 0 heterocycles. The lowest BCUT2D eigenvalue weighted by Crippen LogP contribution is -2.26. The van der Waals surface area contributed by atoms with Gasteiger partial charge in [-0.05, 0) is 26.1 Å². The maximum absolute atomic E-state index is 9.72. The fraction of sp³-hybridized carbons (Fsp3) is 0.500. The van der Waals surface area contributed by atoms with Crippen molar-refractivity contribution in [2.24, 2.45) is 0 Å². The molecule has 16 heavy (non-hydrogen) atoms. The van der Waals surface area contributed by atoms with Crippen LogP contribution in [-0.2, 0) is 4.74 Å². The Bertz CT molecular complexity index is 321. The second-order valence-corrected chi connectivity index (χ2v) is 3.86. The number of likely N-dealkylation sites (N-methyl/N-ethyl adjacent to an activating group) is 1. The van der Waals surface area contributed by atoms with Gasteiger partial charge in [0, 0.05) is 19.7 Å². The lowest BCUT2D eigenvalue weighted by atomic mass is 10.0. The molecule has 0 aliphatic heterocycles. The first kappa shape index (κ1) is 12.8. The molecule has 0 saturated heterocycles. The standard InChI is InChI=1S/C12H19NO3/c1-9(13(2)7-8-16-3)12-10(14)5-4-6-11(12)15/h4-6,9,14-15H,7-8H2,1-3H3. The summed E-state index contributed by atoms with van der Waals surface area (Å²) in [7, 11) is 3.57. The fourth-order valence-corrected chi connectivity index (χ4v) is 1.62. The highest BCUT2D eigenvalue weighted by Crippen LogP contribution is 2.34. The fourth-order valence-electron chi connectivity index (χ4n) is 1.62. The molecule has 4 nitrogen and oxygen atoms in total. The smallest absolute Gasteiger partial charge is 0.124 e. The van der Waals surface area contributed by atoms with Gasteiger partial charge in [-0.2, -0.15) is 0 Å². The first-order chi connectivity index (χ1) is 7.57. The quantitative estimate of drug-likeness (QED) is 0.801. The number of benzene rings is 1. The van der Waals surface area contributed by atoms with Crippen LogP contribution in [0.4, 0.5) is 0 Å². The summed E-state index contributed by atoms with van der Waals surface area (Å²) < 4.78 is 4.99. The summed E-state index contributed by atoms with van der Waals surface area (Å²) in [6, 6.07) is 4.72. The van der Waals surface area contributed by atoms with E-state index in [9.17, 15) is 10.2 Å². The number of rotatable bonds is 5. The lowest BCUT2D eigenvalue weighted by Gasteiger charge is -2.25. The molecule has 1 rings (SSSR count). The Labute approximate surface area is 96.1 Å². The molecule has 0 aliphatic carbocycles. The second-order valence-electron chi connectivity index (χ2n) is 3.86. The van der Waals surface area contributed by atoms with Crippen LogP contribution in [-0.4, -0.2) is 42.4 Å². The highest BCUT2D eigenvalue weighted by molar-refractivity contribution is 5.44. The van der Waals surface area contributed by atoms with Crippen LogP contribution in [0.3, 0.4) is 0 Å². The summed E-state index contributed by atoms with van der Waals surface area (Å²) in [6.07, 6.45) is 0. The highest BCUT2D eigenvalue weighted by Gasteiger charge is 2.18. The van der Waals surface area contributed by atoms with Gasteiger partial charge in [-0.15, -0.1) is 0 Å². The Morgan fingerprint density at radius 1 is 1.31 bits per heavy atom. The molecule has 0 amide bonds. The van der Waals surface area contributed by atoms with Crippen LogP contribution in [0.1, 0.15) is 18.5 Å². The van der Waals surface area contributed by atoms with E-state index in [0.29, 0.717) is 12.2 Å². The molecular formula is C12H19NO3. The van der Waals surface area contributed by atoms with E-state index >= 15 is 0 Å². The van der Waals surface area contributed by atoms with E-state index in [1.54, 1.807) is 25.3 Å². The van der Waals surface area contributed by atoms with E-state index in [4.69, 9.17) is 4.74 Å². The molecule has 1 aromatic carbocycles. The van der Waals surface area contributed by atoms with Crippen molar-refractivity contribution in [2.45, 2.75) is 13.0 Å². The molecule has 0 aliphatic rings. The minimum Gasteiger partial charge on any atom is -0.507 e. The molecule has 1 atom stereocenters. The third kappa shape index (κ3) is 2.87. The van der Waals surface area contributed by atoms with Gasteiger partial charge in [-0.1, -0.05) is 6.07 Å². The molecule has 0 fully saturated rings. The van der Waals surface area contributed by atoms with Crippen LogP contribution < -0.4 is 0 Å². The Morgan fingerprint density at radius 3 is 2.38 bits per heavy atom. The Balaban J connectivity index is 2.82. The molecule has 1 aromatic rings. The van der Waals surface area contributed by atoms with Crippen molar-refractivity contribution >= 4 is 0 Å². The van der Waals surface area contributed by atoms with Crippen LogP contribution in [0.2, 0.25) is 0 Å². The number of phenolic OH excluding ortho intramolecular Hbond substituents is 2. The predicted octanol–water partition coefficient (Wildman–Crippen LogP) is 1.74. The van der Waals surface area contributed by atoms with Crippen molar-refractivity contribution in [3.8, 4) is 11.5 Å². The van der Waals surface area contributed by atoms with E-state index in [2.05, 4.69) is 0 Å². The van der Waals surface area contributed by atoms with Crippen LogP contribution in [0.15, 0.2) is 18.2 Å². The number of aromatic hydroxyl groups is 2. The number of phenols is 2. The maximum atomic E-state index is 9.72. The van der Waals surface area contributed by atoms with Crippen molar-refractivity contribution in [1.29, 1.82) is 0 Å². The minimum absolute atomic E-state index is 0.0589. The lowest BCUT2D eigenvalue weighted by molar-refractivity contribution is 0.141. The largest absolute Gasteiger partial charge is 0.507 e. The van der Waals surface area contributed by atoms with Gasteiger partial charge in [0.15, 0.2) is 0 Å². The van der Waals surface area contributed by atoms with Crippen LogP contribution >= 0.6 is 0 Å². The summed E-state index contributed by atoms with van der Waals surface area (Å²) >= 11 is 0. The van der Waals surface area contributed by atoms with Gasteiger partial charge >= 0.3 is 0 Å².